The molecule has 22 heteroatoms. The first-order chi connectivity index (χ1) is 43.1. The summed E-state index contributed by atoms with van der Waals surface area (Å²) in [6.45, 7) is 35.7. The first-order valence-corrected chi connectivity index (χ1v) is 31.6. The van der Waals surface area contributed by atoms with E-state index in [1.54, 1.807) is 38.1 Å². The molecule has 0 bridgehead atoms. The van der Waals surface area contributed by atoms with Crippen LogP contribution < -0.4 is 4.74 Å². The smallest absolute Gasteiger partial charge is 0.333 e. The molecule has 0 radical (unpaired) electrons. The van der Waals surface area contributed by atoms with Crippen LogP contribution in [0.4, 0.5) is 0 Å². The maximum atomic E-state index is 11.7. The van der Waals surface area contributed by atoms with Crippen LogP contribution in [-0.4, -0.2) is 117 Å². The normalized spacial score (nSPS) is 17.8. The van der Waals surface area contributed by atoms with Gasteiger partial charge in [-0.1, -0.05) is 103 Å². The first kappa shape index (κ1) is 87.3. The summed E-state index contributed by atoms with van der Waals surface area (Å²) in [7, 11) is 0. The molecule has 1 N–H and O–H groups in total. The Morgan fingerprint density at radius 1 is 0.516 bits per heavy atom. The largest absolute Gasteiger partial charge is 0.464 e. The monoisotopic (exact) mass is 1280 g/mol. The minimum atomic E-state index is -0.691. The van der Waals surface area contributed by atoms with E-state index in [1.807, 2.05) is 94.4 Å². The number of nitriles is 3. The Kier molecular flexibility index (Phi) is 51.7. The van der Waals surface area contributed by atoms with Gasteiger partial charge in [0.05, 0.1) is 91.4 Å². The van der Waals surface area contributed by atoms with Crippen molar-refractivity contribution >= 4 is 53.7 Å². The third-order valence-electron chi connectivity index (χ3n) is 14.6. The Balaban J connectivity index is -0.00000104. The maximum absolute atomic E-state index is 11.7. The number of aliphatic hydroxyl groups is 1. The fraction of sp³-hybridized carbons (Fsp3) is 0.652. The van der Waals surface area contributed by atoms with E-state index in [9.17, 15) is 48.3 Å². The molecule has 1 aromatic carbocycles. The van der Waals surface area contributed by atoms with E-state index >= 15 is 0 Å². The Bertz CT molecular complexity index is 2430. The van der Waals surface area contributed by atoms with Crippen LogP contribution in [0.3, 0.4) is 0 Å². The summed E-state index contributed by atoms with van der Waals surface area (Å²) >= 11 is 0. The average Bonchev–Trinajstić information content (AvgIpc) is 3.39. The van der Waals surface area contributed by atoms with Crippen LogP contribution >= 0.6 is 0 Å². The van der Waals surface area contributed by atoms with Gasteiger partial charge in [-0.2, -0.15) is 15.8 Å². The summed E-state index contributed by atoms with van der Waals surface area (Å²) in [4.78, 5) is 101. The summed E-state index contributed by atoms with van der Waals surface area (Å²) in [5, 5.41) is 34.9. The van der Waals surface area contributed by atoms with Crippen LogP contribution in [0, 0.1) is 81.3 Å². The highest BCUT2D eigenvalue weighted by molar-refractivity contribution is 5.87. The van der Waals surface area contributed by atoms with Crippen LogP contribution in [-0.2, 0) is 81.0 Å². The molecule has 2 aliphatic carbocycles. The number of nitrogens with zero attached hydrogens (tertiary/aromatic N) is 3. The van der Waals surface area contributed by atoms with Gasteiger partial charge in [-0.25, -0.2) is 14.4 Å². The second-order valence-electron chi connectivity index (χ2n) is 22.1. The average molecular weight is 1280 g/mol. The van der Waals surface area contributed by atoms with Crippen molar-refractivity contribution in [2.75, 3.05) is 39.6 Å². The third-order valence-corrected chi connectivity index (χ3v) is 14.6. The lowest BCUT2D eigenvalue weighted by atomic mass is 9.85. The van der Waals surface area contributed by atoms with Crippen molar-refractivity contribution in [3.05, 3.63) is 67.3 Å². The number of ether oxygens (including phenoxy) is 9. The molecule has 3 rings (SSSR count). The second kappa shape index (κ2) is 53.9. The van der Waals surface area contributed by atoms with Crippen LogP contribution in [0.15, 0.2) is 61.7 Å². The third kappa shape index (κ3) is 43.5. The molecule has 0 amide bonds. The number of esters is 9. The highest BCUT2D eigenvalue weighted by Crippen LogP contribution is 2.29. The van der Waals surface area contributed by atoms with Gasteiger partial charge < -0.3 is 47.7 Å². The molecule has 2 aliphatic rings. The zero-order valence-corrected chi connectivity index (χ0v) is 56.4. The number of hydrogen-bond acceptors (Lipinski definition) is 22. The predicted octanol–water partition coefficient (Wildman–Crippen LogP) is 11.9. The molecule has 0 aromatic heterocycles. The minimum absolute atomic E-state index is 0.0238. The van der Waals surface area contributed by atoms with Crippen molar-refractivity contribution in [3.63, 3.8) is 0 Å². The van der Waals surface area contributed by atoms with Crippen molar-refractivity contribution < 1.29 is 90.9 Å². The van der Waals surface area contributed by atoms with Crippen molar-refractivity contribution in [3.8, 4) is 24.0 Å². The Hall–Kier alpha value is -7.90. The Morgan fingerprint density at radius 3 is 1.31 bits per heavy atom. The molecule has 2 saturated carbocycles. The number of carbonyl (C=O) groups is 9. The van der Waals surface area contributed by atoms with Crippen LogP contribution in [0.2, 0.25) is 0 Å². The molecule has 9 atom stereocenters. The van der Waals surface area contributed by atoms with E-state index in [4.69, 9.17) is 53.7 Å². The van der Waals surface area contributed by atoms with Gasteiger partial charge in [0.25, 0.3) is 0 Å². The number of aliphatic hydroxyl groups excluding tert-OH is 1. The number of hydrogen-bond donors (Lipinski definition) is 1. The lowest BCUT2D eigenvalue weighted by Gasteiger charge is -2.32. The molecular formula is C69H105N3O19. The molecular weight excluding hydrogens is 1170 g/mol. The molecule has 9 unspecified atom stereocenters. The lowest BCUT2D eigenvalue weighted by molar-refractivity contribution is -0.164. The fourth-order valence-corrected chi connectivity index (χ4v) is 7.01. The molecule has 22 nitrogen and oxygen atoms in total. The first-order valence-electron chi connectivity index (χ1n) is 31.6. The van der Waals surface area contributed by atoms with Crippen molar-refractivity contribution in [2.24, 2.45) is 47.3 Å². The van der Waals surface area contributed by atoms with Gasteiger partial charge in [0.2, 0.25) is 0 Å². The maximum Gasteiger partial charge on any atom is 0.333 e. The Morgan fingerprint density at radius 2 is 0.901 bits per heavy atom. The SMILES string of the molecule is C=C(C)C(=O)OCC1CCC(OC(=O)C(C)CC)CC1.C=CC(=O)OCC1CCC(OC(=O)C(C)CC)C(O)C1.C=CC(=O)OCCOC(=O)C(C)CC.CCC(C)C(=O)OCCC#N.CCC(C)C(=O)OCCC#N.CCC(C)C(=O)Oc1ccc(C#N)cc1. The van der Waals surface area contributed by atoms with Gasteiger partial charge in [-0.3, -0.25) is 28.8 Å². The van der Waals surface area contributed by atoms with Gasteiger partial charge in [-0.15, -0.1) is 0 Å². The summed E-state index contributed by atoms with van der Waals surface area (Å²) in [6, 6.07) is 12.3. The molecule has 0 heterocycles. The highest BCUT2D eigenvalue weighted by Gasteiger charge is 2.33. The zero-order chi connectivity index (χ0) is 69.9. The molecule has 510 valence electrons. The fourth-order valence-electron chi connectivity index (χ4n) is 7.01. The lowest BCUT2D eigenvalue weighted by Crippen LogP contribution is -2.39. The second-order valence-corrected chi connectivity index (χ2v) is 22.1. The molecule has 0 aliphatic heterocycles. The van der Waals surface area contributed by atoms with E-state index < -0.39 is 24.1 Å². The highest BCUT2D eigenvalue weighted by atomic mass is 16.6. The number of rotatable bonds is 29. The molecule has 0 spiro atoms. The number of carbonyl (C=O) groups excluding carboxylic acids is 9. The summed E-state index contributed by atoms with van der Waals surface area (Å²) in [6.07, 6.45) is 11.7. The van der Waals surface area contributed by atoms with E-state index in [0.717, 1.165) is 82.8 Å². The van der Waals surface area contributed by atoms with Crippen molar-refractivity contribution in [1.82, 2.24) is 0 Å². The van der Waals surface area contributed by atoms with Crippen LogP contribution in [0.1, 0.15) is 192 Å². The van der Waals surface area contributed by atoms with Gasteiger partial charge in [0.15, 0.2) is 0 Å². The predicted molar refractivity (Wildman–Crippen MR) is 340 cm³/mol. The van der Waals surface area contributed by atoms with Gasteiger partial charge >= 0.3 is 53.7 Å². The van der Waals surface area contributed by atoms with E-state index in [0.29, 0.717) is 42.3 Å². The zero-order valence-electron chi connectivity index (χ0n) is 56.4. The summed E-state index contributed by atoms with van der Waals surface area (Å²) < 4.78 is 45.1. The Labute approximate surface area is 541 Å². The van der Waals surface area contributed by atoms with Crippen LogP contribution in [0.25, 0.3) is 0 Å². The van der Waals surface area contributed by atoms with Gasteiger partial charge in [0, 0.05) is 17.7 Å². The van der Waals surface area contributed by atoms with E-state index in [-0.39, 0.29) is 135 Å². The summed E-state index contributed by atoms with van der Waals surface area (Å²) in [5.41, 5.74) is 0.986. The molecule has 0 saturated heterocycles. The minimum Gasteiger partial charge on any atom is -0.464 e. The number of benzene rings is 1. The molecule has 91 heavy (non-hydrogen) atoms. The van der Waals surface area contributed by atoms with E-state index in [2.05, 4.69) is 24.5 Å². The van der Waals surface area contributed by atoms with Crippen LogP contribution in [0.5, 0.6) is 5.75 Å². The summed E-state index contributed by atoms with van der Waals surface area (Å²) in [5.74, 6) is -2.05. The standard InChI is InChI=1S/C16H26O4.C15H24O5.C12H13NO2.C10H16O4.2C8H13NO2/c1-5-12(4)16(18)20-14-8-6-13(7-9-14)10-19-15(17)11(2)3;1-4-10(3)15(18)20-13-7-6-11(8-12(13)16)9-19-14(17)5-2;1-3-9(2)12(14)15-11-6-4-10(8-13)5-7-11;1-4-8(3)10(12)14-7-6-13-9(11)5-2;2*1-3-7(2)8(10)11-6-4-5-9/h12-14H,2,5-10H2,1,3-4H3;5,10-13,16H,2,4,6-9H2,1,3H3;4-7,9H,3H2,1-2H3;5,8H,2,4,6-7H2,1,3H3;2*7H,3-4,6H2,1-2H3. The van der Waals surface area contributed by atoms with Gasteiger partial charge in [-0.05, 0) is 126 Å². The van der Waals surface area contributed by atoms with E-state index in [1.165, 1.54) is 0 Å². The quantitative estimate of drug-likeness (QED) is 0.0256. The van der Waals surface area contributed by atoms with Crippen molar-refractivity contribution in [2.45, 2.75) is 205 Å². The van der Waals surface area contributed by atoms with Crippen molar-refractivity contribution in [1.29, 1.82) is 15.8 Å². The topological polar surface area (TPSA) is 328 Å². The molecule has 1 aromatic rings. The van der Waals surface area contributed by atoms with Gasteiger partial charge in [0.1, 0.15) is 44.4 Å². The molecule has 2 fully saturated rings.